The Morgan fingerprint density at radius 2 is 2.11 bits per heavy atom. The number of hydrogen-bond donors (Lipinski definition) is 1. The van der Waals surface area contributed by atoms with Gasteiger partial charge in [0.25, 0.3) is 0 Å². The van der Waals surface area contributed by atoms with Gasteiger partial charge in [-0.2, -0.15) is 0 Å². The first-order chi connectivity index (χ1) is 8.78. The van der Waals surface area contributed by atoms with Crippen LogP contribution in [-0.2, 0) is 11.3 Å². The molecule has 3 heteroatoms. The maximum atomic E-state index is 5.70. The van der Waals surface area contributed by atoms with Crippen LogP contribution in [-0.4, -0.2) is 37.2 Å². The predicted molar refractivity (Wildman–Crippen MR) is 74.5 cm³/mol. The molecule has 18 heavy (non-hydrogen) atoms. The van der Waals surface area contributed by atoms with E-state index in [1.807, 2.05) is 0 Å². The monoisotopic (exact) mass is 248 g/mol. The molecule has 0 amide bonds. The molecule has 2 rings (SSSR count). The van der Waals surface area contributed by atoms with Crippen molar-refractivity contribution < 1.29 is 4.74 Å². The van der Waals surface area contributed by atoms with Gasteiger partial charge in [0.1, 0.15) is 0 Å². The zero-order chi connectivity index (χ0) is 12.8. The predicted octanol–water partition coefficient (Wildman–Crippen LogP) is 1.93. The number of aryl methyl sites for hydroxylation is 1. The van der Waals surface area contributed by atoms with E-state index < -0.39 is 0 Å². The highest BCUT2D eigenvalue weighted by Crippen LogP contribution is 2.15. The Hall–Kier alpha value is -0.900. The quantitative estimate of drug-likeness (QED) is 0.836. The lowest BCUT2D eigenvalue weighted by molar-refractivity contribution is 0.0717. The summed E-state index contributed by atoms with van der Waals surface area (Å²) in [5.74, 6) is 0. The molecule has 0 aliphatic carbocycles. The van der Waals surface area contributed by atoms with Crippen molar-refractivity contribution in [3.8, 4) is 0 Å². The lowest BCUT2D eigenvalue weighted by Crippen LogP contribution is -2.35. The Balaban J connectivity index is 1.90. The lowest BCUT2D eigenvalue weighted by atomic mass is 10.1. The zero-order valence-electron chi connectivity index (χ0n) is 11.3. The first-order valence-electron chi connectivity index (χ1n) is 6.87. The number of nitrogens with zero attached hydrogens (tertiary/aromatic N) is 1. The van der Waals surface area contributed by atoms with Crippen molar-refractivity contribution in [2.45, 2.75) is 32.4 Å². The highest BCUT2D eigenvalue weighted by molar-refractivity contribution is 5.21. The van der Waals surface area contributed by atoms with Crippen LogP contribution >= 0.6 is 0 Å². The molecule has 1 atom stereocenters. The first kappa shape index (κ1) is 13.5. The topological polar surface area (TPSA) is 38.5 Å². The van der Waals surface area contributed by atoms with E-state index in [4.69, 9.17) is 10.5 Å². The van der Waals surface area contributed by atoms with Crippen LogP contribution in [0, 0.1) is 6.92 Å². The van der Waals surface area contributed by atoms with Gasteiger partial charge in [-0.3, -0.25) is 4.90 Å². The number of ether oxygens (including phenoxy) is 1. The third-order valence-electron chi connectivity index (χ3n) is 3.46. The van der Waals surface area contributed by atoms with Crippen LogP contribution in [0.1, 0.15) is 24.0 Å². The summed E-state index contributed by atoms with van der Waals surface area (Å²) in [4.78, 5) is 2.40. The Morgan fingerprint density at radius 3 is 2.72 bits per heavy atom. The van der Waals surface area contributed by atoms with Gasteiger partial charge >= 0.3 is 0 Å². The number of hydrogen-bond acceptors (Lipinski definition) is 3. The summed E-state index contributed by atoms with van der Waals surface area (Å²) in [6.07, 6.45) is 2.79. The van der Waals surface area contributed by atoms with E-state index >= 15 is 0 Å². The molecule has 3 nitrogen and oxygen atoms in total. The SMILES string of the molecule is Cc1ccc(CN(CCN)CC2CCCO2)cc1. The molecule has 1 aromatic rings. The summed E-state index contributed by atoms with van der Waals surface area (Å²) in [5.41, 5.74) is 8.36. The second kappa shape index (κ2) is 6.88. The van der Waals surface area contributed by atoms with Gasteiger partial charge in [-0.05, 0) is 25.3 Å². The van der Waals surface area contributed by atoms with Crippen molar-refractivity contribution in [1.82, 2.24) is 4.90 Å². The molecular formula is C15H24N2O. The third kappa shape index (κ3) is 4.09. The van der Waals surface area contributed by atoms with Crippen LogP contribution in [0.2, 0.25) is 0 Å². The van der Waals surface area contributed by atoms with E-state index in [1.165, 1.54) is 24.0 Å². The molecule has 0 radical (unpaired) electrons. The summed E-state index contributed by atoms with van der Waals surface area (Å²) in [6, 6.07) is 8.74. The summed E-state index contributed by atoms with van der Waals surface area (Å²) < 4.78 is 5.70. The van der Waals surface area contributed by atoms with Gasteiger partial charge < -0.3 is 10.5 Å². The molecule has 0 spiro atoms. The molecule has 1 heterocycles. The molecule has 0 aromatic heterocycles. The Labute approximate surface area is 110 Å². The lowest BCUT2D eigenvalue weighted by Gasteiger charge is -2.24. The van der Waals surface area contributed by atoms with E-state index in [-0.39, 0.29) is 0 Å². The Bertz CT molecular complexity index is 344. The molecule has 0 saturated carbocycles. The normalized spacial score (nSPS) is 19.6. The number of benzene rings is 1. The van der Waals surface area contributed by atoms with Crippen molar-refractivity contribution in [2.75, 3.05) is 26.2 Å². The highest BCUT2D eigenvalue weighted by Gasteiger charge is 2.18. The largest absolute Gasteiger partial charge is 0.377 e. The highest BCUT2D eigenvalue weighted by atomic mass is 16.5. The van der Waals surface area contributed by atoms with Crippen LogP contribution in [0.3, 0.4) is 0 Å². The molecule has 100 valence electrons. The van der Waals surface area contributed by atoms with Crippen molar-refractivity contribution in [3.05, 3.63) is 35.4 Å². The van der Waals surface area contributed by atoms with Crippen LogP contribution < -0.4 is 5.73 Å². The molecule has 1 fully saturated rings. The van der Waals surface area contributed by atoms with Gasteiger partial charge in [-0.15, -0.1) is 0 Å². The summed E-state index contributed by atoms with van der Waals surface area (Å²) in [7, 11) is 0. The summed E-state index contributed by atoms with van der Waals surface area (Å²) in [5, 5.41) is 0. The average molecular weight is 248 g/mol. The molecule has 1 unspecified atom stereocenters. The number of nitrogens with two attached hydrogens (primary N) is 1. The minimum absolute atomic E-state index is 0.405. The molecule has 0 bridgehead atoms. The Morgan fingerprint density at radius 1 is 1.33 bits per heavy atom. The third-order valence-corrected chi connectivity index (χ3v) is 3.46. The zero-order valence-corrected chi connectivity index (χ0v) is 11.3. The Kier molecular flexibility index (Phi) is 5.17. The van der Waals surface area contributed by atoms with Gasteiger partial charge in [0, 0.05) is 32.8 Å². The van der Waals surface area contributed by atoms with Gasteiger partial charge in [0.2, 0.25) is 0 Å². The maximum absolute atomic E-state index is 5.70. The van der Waals surface area contributed by atoms with Crippen LogP contribution in [0.5, 0.6) is 0 Å². The standard InChI is InChI=1S/C15H24N2O/c1-13-4-6-14(7-5-13)11-17(9-8-16)12-15-3-2-10-18-15/h4-7,15H,2-3,8-12,16H2,1H3. The molecule has 1 saturated heterocycles. The minimum Gasteiger partial charge on any atom is -0.377 e. The van der Waals surface area contributed by atoms with E-state index in [0.717, 1.165) is 26.2 Å². The van der Waals surface area contributed by atoms with Crippen molar-refractivity contribution in [2.24, 2.45) is 5.73 Å². The summed E-state index contributed by atoms with van der Waals surface area (Å²) in [6.45, 7) is 6.66. The van der Waals surface area contributed by atoms with Crippen molar-refractivity contribution in [1.29, 1.82) is 0 Å². The second-order valence-electron chi connectivity index (χ2n) is 5.14. The maximum Gasteiger partial charge on any atom is 0.0702 e. The van der Waals surface area contributed by atoms with Crippen LogP contribution in [0.4, 0.5) is 0 Å². The first-order valence-corrected chi connectivity index (χ1v) is 6.87. The van der Waals surface area contributed by atoms with E-state index in [0.29, 0.717) is 12.6 Å². The van der Waals surface area contributed by atoms with Gasteiger partial charge in [0.05, 0.1) is 6.10 Å². The summed E-state index contributed by atoms with van der Waals surface area (Å²) >= 11 is 0. The van der Waals surface area contributed by atoms with Crippen molar-refractivity contribution in [3.63, 3.8) is 0 Å². The van der Waals surface area contributed by atoms with Crippen LogP contribution in [0.25, 0.3) is 0 Å². The van der Waals surface area contributed by atoms with Gasteiger partial charge in [0.15, 0.2) is 0 Å². The fraction of sp³-hybridized carbons (Fsp3) is 0.600. The van der Waals surface area contributed by atoms with Crippen molar-refractivity contribution >= 4 is 0 Å². The molecule has 1 aliphatic rings. The number of rotatable bonds is 6. The fourth-order valence-electron chi connectivity index (χ4n) is 2.45. The molecule has 1 aromatic carbocycles. The molecular weight excluding hydrogens is 224 g/mol. The van der Waals surface area contributed by atoms with Crippen LogP contribution in [0.15, 0.2) is 24.3 Å². The molecule has 1 aliphatic heterocycles. The minimum atomic E-state index is 0.405. The molecule has 2 N–H and O–H groups in total. The van der Waals surface area contributed by atoms with Gasteiger partial charge in [-0.1, -0.05) is 29.8 Å². The van der Waals surface area contributed by atoms with Gasteiger partial charge in [-0.25, -0.2) is 0 Å². The van der Waals surface area contributed by atoms with E-state index in [2.05, 4.69) is 36.1 Å². The average Bonchev–Trinajstić information content (AvgIpc) is 2.85. The smallest absolute Gasteiger partial charge is 0.0702 e. The van der Waals surface area contributed by atoms with E-state index in [1.54, 1.807) is 0 Å². The second-order valence-corrected chi connectivity index (χ2v) is 5.14. The fourth-order valence-corrected chi connectivity index (χ4v) is 2.45. The van der Waals surface area contributed by atoms with E-state index in [9.17, 15) is 0 Å².